The van der Waals surface area contributed by atoms with Crippen LogP contribution in [0.4, 0.5) is 4.39 Å². The van der Waals surface area contributed by atoms with Gasteiger partial charge in [0.2, 0.25) is 0 Å². The summed E-state index contributed by atoms with van der Waals surface area (Å²) in [5.74, 6) is -0.143. The van der Waals surface area contributed by atoms with Crippen LogP contribution in [-0.2, 0) is 0 Å². The van der Waals surface area contributed by atoms with E-state index in [1.807, 2.05) is 22.6 Å². The molecule has 16 heavy (non-hydrogen) atoms. The van der Waals surface area contributed by atoms with E-state index in [9.17, 15) is 9.18 Å². The number of allylic oxidation sites excluding steroid dienone is 1. The van der Waals surface area contributed by atoms with Crippen LogP contribution in [0.15, 0.2) is 30.4 Å². The van der Waals surface area contributed by atoms with Gasteiger partial charge in [0, 0.05) is 16.0 Å². The molecule has 1 aromatic rings. The van der Waals surface area contributed by atoms with Crippen LogP contribution in [0, 0.1) is 9.39 Å². The summed E-state index contributed by atoms with van der Waals surface area (Å²) in [5.41, 5.74) is 0.473. The Hall–Kier alpha value is -0.620. The molecule has 0 fully saturated rings. The molecule has 86 valence electrons. The number of hydrogen-bond donors (Lipinski definition) is 1. The summed E-state index contributed by atoms with van der Waals surface area (Å²) in [6, 6.07) is 4.06. The summed E-state index contributed by atoms with van der Waals surface area (Å²) in [7, 11) is 0. The second-order valence-electron chi connectivity index (χ2n) is 2.96. The van der Waals surface area contributed by atoms with Gasteiger partial charge in [0.1, 0.15) is 5.82 Å². The maximum atomic E-state index is 12.8. The molecule has 5 heteroatoms. The number of hydrogen-bond acceptors (Lipinski definition) is 1. The van der Waals surface area contributed by atoms with E-state index >= 15 is 0 Å². The highest BCUT2D eigenvalue weighted by atomic mass is 127. The molecule has 0 saturated heterocycles. The van der Waals surface area contributed by atoms with Crippen molar-refractivity contribution in [2.45, 2.75) is 0 Å². The van der Waals surface area contributed by atoms with Crippen LogP contribution < -0.4 is 5.32 Å². The lowest BCUT2D eigenvalue weighted by Crippen LogP contribution is -2.24. The predicted molar refractivity (Wildman–Crippen MR) is 71.3 cm³/mol. The molecule has 0 spiro atoms. The van der Waals surface area contributed by atoms with Crippen LogP contribution >= 0.6 is 34.2 Å². The molecule has 2 nitrogen and oxygen atoms in total. The Morgan fingerprint density at radius 3 is 2.88 bits per heavy atom. The molecule has 0 atom stereocenters. The van der Waals surface area contributed by atoms with Gasteiger partial charge in [0.05, 0.1) is 5.56 Å². The summed E-state index contributed by atoms with van der Waals surface area (Å²) in [4.78, 5) is 11.6. The molecule has 1 amide bonds. The molecule has 0 unspecified atom stereocenters. The average Bonchev–Trinajstić information content (AvgIpc) is 2.24. The van der Waals surface area contributed by atoms with Gasteiger partial charge in [-0.15, -0.1) is 11.6 Å². The lowest BCUT2D eigenvalue weighted by Gasteiger charge is -2.04. The van der Waals surface area contributed by atoms with Gasteiger partial charge >= 0.3 is 0 Å². The lowest BCUT2D eigenvalue weighted by atomic mass is 10.2. The van der Waals surface area contributed by atoms with Crippen LogP contribution in [0.2, 0.25) is 0 Å². The molecule has 0 aliphatic rings. The summed E-state index contributed by atoms with van der Waals surface area (Å²) < 4.78 is 13.4. The molecule has 0 aliphatic carbocycles. The van der Waals surface area contributed by atoms with Crippen molar-refractivity contribution in [1.29, 1.82) is 0 Å². The van der Waals surface area contributed by atoms with E-state index in [1.165, 1.54) is 18.2 Å². The van der Waals surface area contributed by atoms with E-state index in [1.54, 1.807) is 12.2 Å². The van der Waals surface area contributed by atoms with Crippen molar-refractivity contribution in [1.82, 2.24) is 5.32 Å². The fourth-order valence-electron chi connectivity index (χ4n) is 1.07. The topological polar surface area (TPSA) is 29.1 Å². The molecule has 1 rings (SSSR count). The van der Waals surface area contributed by atoms with Gasteiger partial charge in [-0.1, -0.05) is 12.2 Å². The zero-order chi connectivity index (χ0) is 12.0. The van der Waals surface area contributed by atoms with Gasteiger partial charge in [-0.25, -0.2) is 4.39 Å². The van der Waals surface area contributed by atoms with Crippen molar-refractivity contribution >= 4 is 40.1 Å². The van der Waals surface area contributed by atoms with E-state index in [-0.39, 0.29) is 11.7 Å². The minimum absolute atomic E-state index is 0.219. The van der Waals surface area contributed by atoms with Crippen LogP contribution in [-0.4, -0.2) is 18.3 Å². The van der Waals surface area contributed by atoms with Crippen LogP contribution in [0.5, 0.6) is 0 Å². The van der Waals surface area contributed by atoms with Gasteiger partial charge in [0.25, 0.3) is 5.91 Å². The third-order valence-electron chi connectivity index (χ3n) is 1.81. The van der Waals surface area contributed by atoms with Crippen molar-refractivity contribution in [3.8, 4) is 0 Å². The fourth-order valence-corrected chi connectivity index (χ4v) is 1.92. The standard InChI is InChI=1S/C11H10ClFINO/c12-5-1-2-6-15-11(16)9-4-3-8(13)7-10(9)14/h1-4,7H,5-6H2,(H,15,16)/b2-1+. The van der Waals surface area contributed by atoms with Crippen molar-refractivity contribution in [2.24, 2.45) is 0 Å². The Kier molecular flexibility index (Phi) is 5.76. The van der Waals surface area contributed by atoms with E-state index in [0.717, 1.165) is 0 Å². The van der Waals surface area contributed by atoms with Gasteiger partial charge in [0.15, 0.2) is 0 Å². The number of nitrogens with one attached hydrogen (secondary N) is 1. The van der Waals surface area contributed by atoms with E-state index < -0.39 is 0 Å². The third kappa shape index (κ3) is 4.09. The maximum absolute atomic E-state index is 12.8. The number of alkyl halides is 1. The van der Waals surface area contributed by atoms with Gasteiger partial charge < -0.3 is 5.32 Å². The monoisotopic (exact) mass is 353 g/mol. The van der Waals surface area contributed by atoms with Crippen LogP contribution in [0.3, 0.4) is 0 Å². The molecule has 0 bridgehead atoms. The van der Waals surface area contributed by atoms with Crippen molar-refractivity contribution in [3.05, 3.63) is 45.3 Å². The number of halogens is 3. The largest absolute Gasteiger partial charge is 0.349 e. The number of carbonyl (C=O) groups is 1. The number of amides is 1. The molecule has 0 aliphatic heterocycles. The van der Waals surface area contributed by atoms with Gasteiger partial charge in [-0.2, -0.15) is 0 Å². The smallest absolute Gasteiger partial charge is 0.252 e. The summed E-state index contributed by atoms with van der Waals surface area (Å²) >= 11 is 7.36. The molecule has 0 aromatic heterocycles. The molecule has 1 N–H and O–H groups in total. The number of carbonyl (C=O) groups excluding carboxylic acids is 1. The Labute approximate surface area is 112 Å². The summed E-state index contributed by atoms with van der Waals surface area (Å²) in [6.07, 6.45) is 3.51. The van der Waals surface area contributed by atoms with Crippen LogP contribution in [0.25, 0.3) is 0 Å². The third-order valence-corrected chi connectivity index (χ3v) is 2.88. The van der Waals surface area contributed by atoms with E-state index in [0.29, 0.717) is 21.6 Å². The molecule has 0 saturated carbocycles. The number of benzene rings is 1. The highest BCUT2D eigenvalue weighted by Crippen LogP contribution is 2.13. The highest BCUT2D eigenvalue weighted by Gasteiger charge is 2.08. The molecular weight excluding hydrogens is 343 g/mol. The van der Waals surface area contributed by atoms with Crippen LogP contribution in [0.1, 0.15) is 10.4 Å². The Morgan fingerprint density at radius 1 is 1.50 bits per heavy atom. The average molecular weight is 354 g/mol. The molecule has 0 heterocycles. The molecule has 1 aromatic carbocycles. The zero-order valence-corrected chi connectivity index (χ0v) is 11.3. The fraction of sp³-hybridized carbons (Fsp3) is 0.182. The molecular formula is C11H10ClFINO. The number of rotatable bonds is 4. The van der Waals surface area contributed by atoms with Crippen molar-refractivity contribution in [2.75, 3.05) is 12.4 Å². The minimum Gasteiger partial charge on any atom is -0.349 e. The highest BCUT2D eigenvalue weighted by molar-refractivity contribution is 14.1. The zero-order valence-electron chi connectivity index (χ0n) is 8.34. The van der Waals surface area contributed by atoms with E-state index in [4.69, 9.17) is 11.6 Å². The first-order chi connectivity index (χ1) is 7.65. The molecule has 0 radical (unpaired) electrons. The predicted octanol–water partition coefficient (Wildman–Crippen LogP) is 2.96. The quantitative estimate of drug-likeness (QED) is 0.503. The minimum atomic E-state index is -0.344. The normalized spacial score (nSPS) is 10.7. The lowest BCUT2D eigenvalue weighted by molar-refractivity contribution is 0.0957. The first kappa shape index (κ1) is 13.4. The van der Waals surface area contributed by atoms with E-state index in [2.05, 4.69) is 5.32 Å². The first-order valence-corrected chi connectivity index (χ1v) is 6.20. The van der Waals surface area contributed by atoms with Crippen molar-refractivity contribution in [3.63, 3.8) is 0 Å². The summed E-state index contributed by atoms with van der Waals surface area (Å²) in [5, 5.41) is 2.68. The Balaban J connectivity index is 2.63. The first-order valence-electron chi connectivity index (χ1n) is 4.59. The SMILES string of the molecule is O=C(NC/C=C/CCl)c1ccc(F)cc1I. The second-order valence-corrected chi connectivity index (χ2v) is 4.43. The maximum Gasteiger partial charge on any atom is 0.252 e. The van der Waals surface area contributed by atoms with Crippen molar-refractivity contribution < 1.29 is 9.18 Å². The second kappa shape index (κ2) is 6.85. The Morgan fingerprint density at radius 2 is 2.25 bits per heavy atom. The van der Waals surface area contributed by atoms with Gasteiger partial charge in [-0.3, -0.25) is 4.79 Å². The summed E-state index contributed by atoms with van der Waals surface area (Å²) in [6.45, 7) is 0.416. The Bertz CT molecular complexity index is 409. The van der Waals surface area contributed by atoms with Gasteiger partial charge in [-0.05, 0) is 40.8 Å².